The van der Waals surface area contributed by atoms with E-state index in [4.69, 9.17) is 27.6 Å². The molecule has 0 unspecified atom stereocenters. The van der Waals surface area contributed by atoms with Gasteiger partial charge in [-0.2, -0.15) is 10.4 Å². The molecule has 0 fully saturated rings. The van der Waals surface area contributed by atoms with Gasteiger partial charge in [0.15, 0.2) is 5.76 Å². The van der Waals surface area contributed by atoms with Gasteiger partial charge in [0.25, 0.3) is 0 Å². The molecule has 5 nitrogen and oxygen atoms in total. The molecule has 0 spiro atoms. The van der Waals surface area contributed by atoms with E-state index in [1.807, 2.05) is 48.1 Å². The molecule has 0 atom stereocenters. The Bertz CT molecular complexity index is 1370. The molecule has 148 valence electrons. The minimum Gasteiger partial charge on any atom is -0.454 e. The van der Waals surface area contributed by atoms with Gasteiger partial charge >= 0.3 is 5.13 Å². The summed E-state index contributed by atoms with van der Waals surface area (Å²) >= 11 is 13.9. The van der Waals surface area contributed by atoms with Crippen molar-refractivity contribution in [3.8, 4) is 22.8 Å². The number of benzene rings is 2. The van der Waals surface area contributed by atoms with Crippen LogP contribution in [-0.4, -0.2) is 16.2 Å². The summed E-state index contributed by atoms with van der Waals surface area (Å²) in [4.78, 5) is 7.83. The van der Waals surface area contributed by atoms with Gasteiger partial charge in [0.05, 0.1) is 11.2 Å². The SMILES string of the molecule is Clc1ccc(Cl)c(-c2ccc(-c3csc([NH2+]N=Cc4c[nH]c5ccccc45)n3)o2)c1. The number of nitrogens with one attached hydrogen (secondary N) is 1. The van der Waals surface area contributed by atoms with E-state index in [0.29, 0.717) is 21.6 Å². The van der Waals surface area contributed by atoms with E-state index in [0.717, 1.165) is 32.9 Å². The standard InChI is InChI=1S/C22H14Cl2N4OS/c23-14-5-6-17(24)16(9-14)20-7-8-21(29-20)19-12-30-22(27-19)28-26-11-13-10-25-18-4-2-1-3-15(13)18/h1-12,25H,(H,27,28)/p+1. The Hall–Kier alpha value is -2.90. The van der Waals surface area contributed by atoms with Gasteiger partial charge in [0.1, 0.15) is 11.5 Å². The van der Waals surface area contributed by atoms with Crippen molar-refractivity contribution in [3.05, 3.63) is 81.8 Å². The maximum Gasteiger partial charge on any atom is 0.310 e. The van der Waals surface area contributed by atoms with Gasteiger partial charge < -0.3 is 9.40 Å². The zero-order chi connectivity index (χ0) is 20.5. The molecule has 3 N–H and O–H groups in total. The van der Waals surface area contributed by atoms with Gasteiger partial charge in [-0.25, -0.2) is 0 Å². The zero-order valence-electron chi connectivity index (χ0n) is 15.5. The van der Waals surface area contributed by atoms with Gasteiger partial charge in [0.2, 0.25) is 0 Å². The first-order valence-corrected chi connectivity index (χ1v) is 10.7. The second-order valence-corrected chi connectivity index (χ2v) is 8.29. The van der Waals surface area contributed by atoms with Crippen molar-refractivity contribution in [1.29, 1.82) is 0 Å². The van der Waals surface area contributed by atoms with E-state index in [1.165, 1.54) is 11.3 Å². The molecule has 30 heavy (non-hydrogen) atoms. The van der Waals surface area contributed by atoms with E-state index in [2.05, 4.69) is 21.1 Å². The first-order chi connectivity index (χ1) is 14.7. The molecule has 5 aromatic rings. The summed E-state index contributed by atoms with van der Waals surface area (Å²) in [5, 5.41) is 9.48. The Morgan fingerprint density at radius 1 is 1.07 bits per heavy atom. The summed E-state index contributed by atoms with van der Waals surface area (Å²) in [6.45, 7) is 0. The van der Waals surface area contributed by atoms with Crippen molar-refractivity contribution in [3.63, 3.8) is 0 Å². The number of rotatable bonds is 5. The van der Waals surface area contributed by atoms with Gasteiger partial charge in [0, 0.05) is 38.6 Å². The highest BCUT2D eigenvalue weighted by atomic mass is 35.5. The number of thiazole rings is 1. The van der Waals surface area contributed by atoms with Crippen molar-refractivity contribution >= 4 is 56.8 Å². The van der Waals surface area contributed by atoms with Crippen molar-refractivity contribution in [2.45, 2.75) is 0 Å². The number of fused-ring (bicyclic) bond motifs is 1. The van der Waals surface area contributed by atoms with Crippen LogP contribution in [-0.2, 0) is 0 Å². The third-order valence-electron chi connectivity index (χ3n) is 4.59. The monoisotopic (exact) mass is 453 g/mol. The Labute approximate surface area is 186 Å². The quantitative estimate of drug-likeness (QED) is 0.192. The normalized spacial score (nSPS) is 11.7. The number of furan rings is 1. The maximum atomic E-state index is 6.27. The molecular formula is C22H15Cl2N4OS+. The van der Waals surface area contributed by atoms with Crippen LogP contribution in [0.15, 0.2) is 75.7 Å². The second kappa shape index (κ2) is 8.08. The number of hydrogen-bond donors (Lipinski definition) is 2. The molecular weight excluding hydrogens is 439 g/mol. The summed E-state index contributed by atoms with van der Waals surface area (Å²) in [6.07, 6.45) is 3.77. The van der Waals surface area contributed by atoms with Crippen LogP contribution in [0.5, 0.6) is 0 Å². The van der Waals surface area contributed by atoms with Gasteiger partial charge in [-0.1, -0.05) is 57.8 Å². The van der Waals surface area contributed by atoms with Gasteiger partial charge in [-0.05, 0) is 36.4 Å². The van der Waals surface area contributed by atoms with Crippen LogP contribution in [0.3, 0.4) is 0 Å². The molecule has 5 rings (SSSR count). The zero-order valence-corrected chi connectivity index (χ0v) is 17.8. The van der Waals surface area contributed by atoms with Crippen LogP contribution in [0.25, 0.3) is 33.7 Å². The summed E-state index contributed by atoms with van der Waals surface area (Å²) in [6, 6.07) is 17.1. The number of H-pyrrole nitrogens is 1. The fourth-order valence-corrected chi connectivity index (χ4v) is 4.21. The van der Waals surface area contributed by atoms with E-state index in [-0.39, 0.29) is 0 Å². The summed E-state index contributed by atoms with van der Waals surface area (Å²) in [7, 11) is 0. The number of para-hydroxylation sites is 1. The molecule has 0 saturated heterocycles. The lowest BCUT2D eigenvalue weighted by molar-refractivity contribution is -0.576. The van der Waals surface area contributed by atoms with Gasteiger partial charge in [-0.15, -0.1) is 0 Å². The topological polar surface area (TPSA) is 70.8 Å². The summed E-state index contributed by atoms with van der Waals surface area (Å²) < 4.78 is 5.96. The average Bonchev–Trinajstić information content (AvgIpc) is 3.49. The minimum absolute atomic E-state index is 0.583. The number of aromatic amines is 1. The predicted octanol–water partition coefficient (Wildman–Crippen LogP) is 6.09. The molecule has 0 saturated carbocycles. The first kappa shape index (κ1) is 19.1. The van der Waals surface area contributed by atoms with Crippen LogP contribution >= 0.6 is 34.5 Å². The van der Waals surface area contributed by atoms with Crippen molar-refractivity contribution < 1.29 is 9.84 Å². The van der Waals surface area contributed by atoms with E-state index in [1.54, 1.807) is 23.6 Å². The lowest BCUT2D eigenvalue weighted by Crippen LogP contribution is -2.71. The molecule has 0 aliphatic heterocycles. The van der Waals surface area contributed by atoms with Crippen molar-refractivity contribution in [2.24, 2.45) is 5.10 Å². The molecule has 3 aromatic heterocycles. The third-order valence-corrected chi connectivity index (χ3v) is 5.94. The van der Waals surface area contributed by atoms with E-state index >= 15 is 0 Å². The van der Waals surface area contributed by atoms with Crippen molar-refractivity contribution in [2.75, 3.05) is 0 Å². The fourth-order valence-electron chi connectivity index (χ4n) is 3.15. The van der Waals surface area contributed by atoms with E-state index in [9.17, 15) is 0 Å². The number of nitrogens with zero attached hydrogens (tertiary/aromatic N) is 2. The van der Waals surface area contributed by atoms with E-state index < -0.39 is 0 Å². The van der Waals surface area contributed by atoms with Crippen LogP contribution in [0.1, 0.15) is 5.56 Å². The number of aromatic nitrogens is 2. The molecule has 2 aromatic carbocycles. The highest BCUT2D eigenvalue weighted by Gasteiger charge is 2.14. The lowest BCUT2D eigenvalue weighted by Gasteiger charge is -2.01. The fraction of sp³-hybridized carbons (Fsp3) is 0. The molecule has 0 amide bonds. The van der Waals surface area contributed by atoms with Gasteiger partial charge in [-0.3, -0.25) is 0 Å². The molecule has 0 aliphatic rings. The Kier molecular flexibility index (Phi) is 5.14. The molecule has 8 heteroatoms. The lowest BCUT2D eigenvalue weighted by atomic mass is 10.2. The molecule has 3 heterocycles. The highest BCUT2D eigenvalue weighted by Crippen LogP contribution is 2.34. The van der Waals surface area contributed by atoms with Crippen molar-refractivity contribution in [1.82, 2.24) is 9.97 Å². The number of halogens is 2. The molecule has 0 radical (unpaired) electrons. The number of quaternary nitrogens is 1. The maximum absolute atomic E-state index is 6.27. The second-order valence-electron chi connectivity index (χ2n) is 6.56. The Balaban J connectivity index is 1.32. The van der Waals surface area contributed by atoms with Crippen LogP contribution in [0.4, 0.5) is 5.13 Å². The smallest absolute Gasteiger partial charge is 0.310 e. The summed E-state index contributed by atoms with van der Waals surface area (Å²) in [5.74, 6) is 1.31. The summed E-state index contributed by atoms with van der Waals surface area (Å²) in [5.41, 5.74) is 5.36. The van der Waals surface area contributed by atoms with Crippen LogP contribution < -0.4 is 5.43 Å². The van der Waals surface area contributed by atoms with Crippen LogP contribution in [0, 0.1) is 0 Å². The molecule has 0 aliphatic carbocycles. The highest BCUT2D eigenvalue weighted by molar-refractivity contribution is 7.13. The Morgan fingerprint density at radius 3 is 2.87 bits per heavy atom. The number of hydrogen-bond acceptors (Lipinski definition) is 4. The third kappa shape index (κ3) is 3.78. The average molecular weight is 454 g/mol. The molecule has 0 bridgehead atoms. The largest absolute Gasteiger partial charge is 0.454 e. The first-order valence-electron chi connectivity index (χ1n) is 9.11. The number of nitrogens with two attached hydrogens (primary N) is 1. The predicted molar refractivity (Wildman–Crippen MR) is 123 cm³/mol. The van der Waals surface area contributed by atoms with Crippen LogP contribution in [0.2, 0.25) is 10.0 Å². The minimum atomic E-state index is 0.583. The Morgan fingerprint density at radius 2 is 1.93 bits per heavy atom.